The summed E-state index contributed by atoms with van der Waals surface area (Å²) in [5.41, 5.74) is 6.11. The van der Waals surface area contributed by atoms with Crippen LogP contribution in [0.15, 0.2) is 57.1 Å². The standard InChI is InChI=1S/C17H13BrClN5S/c1-10-13(19)7-4-8-14(10)20-15-9-25-17-22-21-16(24(17)23-15)11-5-2-3-6-12(11)18/h2-8H,9H2,1H3,(H,20,23). The fourth-order valence-corrected chi connectivity index (χ4v) is 3.88. The maximum atomic E-state index is 6.19. The highest BCUT2D eigenvalue weighted by atomic mass is 79.9. The Morgan fingerprint density at radius 2 is 2.04 bits per heavy atom. The second kappa shape index (κ2) is 6.82. The second-order valence-corrected chi connectivity index (χ2v) is 7.67. The molecular formula is C17H13BrClN5S. The van der Waals surface area contributed by atoms with Crippen LogP contribution in [-0.4, -0.2) is 26.5 Å². The van der Waals surface area contributed by atoms with E-state index in [2.05, 4.69) is 31.6 Å². The molecule has 0 aliphatic carbocycles. The third-order valence-corrected chi connectivity index (χ3v) is 5.86. The molecule has 1 aliphatic rings. The molecule has 0 unspecified atom stereocenters. The Labute approximate surface area is 162 Å². The lowest BCUT2D eigenvalue weighted by molar-refractivity contribution is 0.826. The number of rotatable bonds is 2. The van der Waals surface area contributed by atoms with Crippen LogP contribution in [-0.2, 0) is 0 Å². The molecule has 1 aliphatic heterocycles. The van der Waals surface area contributed by atoms with Gasteiger partial charge in [0.1, 0.15) is 5.84 Å². The summed E-state index contributed by atoms with van der Waals surface area (Å²) in [7, 11) is 0. The number of amidine groups is 1. The normalized spacial score (nSPS) is 15.1. The van der Waals surface area contributed by atoms with E-state index in [1.165, 1.54) is 0 Å². The number of fused-ring (bicyclic) bond motifs is 1. The lowest BCUT2D eigenvalue weighted by atomic mass is 10.2. The Balaban J connectivity index is 1.72. The minimum absolute atomic E-state index is 0.694. The molecule has 1 aromatic heterocycles. The molecule has 0 radical (unpaired) electrons. The van der Waals surface area contributed by atoms with Crippen LogP contribution in [0, 0.1) is 6.92 Å². The van der Waals surface area contributed by atoms with Crippen molar-refractivity contribution in [2.24, 2.45) is 4.99 Å². The van der Waals surface area contributed by atoms with Crippen molar-refractivity contribution in [3.8, 4) is 11.4 Å². The average molecular weight is 435 g/mol. The number of nitrogens with one attached hydrogen (secondary N) is 1. The summed E-state index contributed by atoms with van der Waals surface area (Å²) < 4.78 is 2.83. The number of halogens is 2. The number of hydrogen-bond donors (Lipinski definition) is 1. The first-order valence-electron chi connectivity index (χ1n) is 7.56. The predicted molar refractivity (Wildman–Crippen MR) is 107 cm³/mol. The second-order valence-electron chi connectivity index (χ2n) is 5.46. The van der Waals surface area contributed by atoms with Crippen LogP contribution >= 0.6 is 39.3 Å². The molecule has 0 fully saturated rings. The van der Waals surface area contributed by atoms with Gasteiger partial charge in [-0.15, -0.1) is 10.2 Å². The quantitative estimate of drug-likeness (QED) is 0.613. The van der Waals surface area contributed by atoms with Gasteiger partial charge in [0.2, 0.25) is 5.16 Å². The monoisotopic (exact) mass is 433 g/mol. The van der Waals surface area contributed by atoms with Gasteiger partial charge in [-0.2, -0.15) is 0 Å². The Morgan fingerprint density at radius 1 is 1.20 bits per heavy atom. The first kappa shape index (κ1) is 16.6. The van der Waals surface area contributed by atoms with Gasteiger partial charge in [0.15, 0.2) is 5.82 Å². The van der Waals surface area contributed by atoms with E-state index >= 15 is 0 Å². The molecule has 5 nitrogen and oxygen atoms in total. The molecule has 25 heavy (non-hydrogen) atoms. The van der Waals surface area contributed by atoms with Gasteiger partial charge in [0.25, 0.3) is 0 Å². The van der Waals surface area contributed by atoms with E-state index in [-0.39, 0.29) is 0 Å². The topological polar surface area (TPSA) is 55.1 Å². The maximum absolute atomic E-state index is 6.19. The van der Waals surface area contributed by atoms with Gasteiger partial charge in [-0.05, 0) is 36.8 Å². The van der Waals surface area contributed by atoms with Crippen LogP contribution < -0.4 is 5.43 Å². The third-order valence-electron chi connectivity index (χ3n) is 3.82. The Hall–Kier alpha value is -1.83. The van der Waals surface area contributed by atoms with Crippen LogP contribution in [0.4, 0.5) is 5.69 Å². The fourth-order valence-electron chi connectivity index (χ4n) is 2.50. The van der Waals surface area contributed by atoms with Gasteiger partial charge in [0, 0.05) is 15.1 Å². The molecule has 0 saturated heterocycles. The molecule has 0 amide bonds. The maximum Gasteiger partial charge on any atom is 0.211 e. The van der Waals surface area contributed by atoms with Crippen LogP contribution in [0.1, 0.15) is 5.56 Å². The highest BCUT2D eigenvalue weighted by Gasteiger charge is 2.22. The highest BCUT2D eigenvalue weighted by molar-refractivity contribution is 9.10. The van der Waals surface area contributed by atoms with E-state index in [1.807, 2.05) is 54.1 Å². The van der Waals surface area contributed by atoms with E-state index in [0.29, 0.717) is 10.8 Å². The smallest absolute Gasteiger partial charge is 0.211 e. The van der Waals surface area contributed by atoms with Crippen molar-refractivity contribution in [3.05, 3.63) is 57.5 Å². The lowest BCUT2D eigenvalue weighted by Crippen LogP contribution is -2.30. The summed E-state index contributed by atoms with van der Waals surface area (Å²) >= 11 is 11.4. The van der Waals surface area contributed by atoms with E-state index in [9.17, 15) is 0 Å². The van der Waals surface area contributed by atoms with Gasteiger partial charge in [-0.3, -0.25) is 5.43 Å². The summed E-state index contributed by atoms with van der Waals surface area (Å²) in [4.78, 5) is 4.73. The van der Waals surface area contributed by atoms with Gasteiger partial charge < -0.3 is 0 Å². The third kappa shape index (κ3) is 3.19. The van der Waals surface area contributed by atoms with Gasteiger partial charge >= 0.3 is 0 Å². The van der Waals surface area contributed by atoms with Gasteiger partial charge in [-0.1, -0.05) is 57.5 Å². The Bertz CT molecular complexity index is 985. The van der Waals surface area contributed by atoms with Crippen LogP contribution in [0.3, 0.4) is 0 Å². The lowest BCUT2D eigenvalue weighted by Gasteiger charge is -2.19. The molecule has 0 spiro atoms. The zero-order valence-electron chi connectivity index (χ0n) is 13.2. The number of hydrogen-bond acceptors (Lipinski definition) is 4. The minimum atomic E-state index is 0.694. The number of benzene rings is 2. The van der Waals surface area contributed by atoms with E-state index < -0.39 is 0 Å². The molecule has 0 saturated carbocycles. The van der Waals surface area contributed by atoms with Crippen molar-refractivity contribution in [1.82, 2.24) is 14.9 Å². The average Bonchev–Trinajstić information content (AvgIpc) is 3.02. The number of aliphatic imine (C=N–C) groups is 1. The zero-order valence-corrected chi connectivity index (χ0v) is 16.4. The van der Waals surface area contributed by atoms with E-state index in [0.717, 1.165) is 38.1 Å². The molecule has 0 atom stereocenters. The summed E-state index contributed by atoms with van der Waals surface area (Å²) in [6, 6.07) is 13.7. The molecule has 3 aromatic rings. The largest absolute Gasteiger partial charge is 0.276 e. The molecule has 2 aromatic carbocycles. The first-order chi connectivity index (χ1) is 12.1. The minimum Gasteiger partial charge on any atom is -0.276 e. The highest BCUT2D eigenvalue weighted by Crippen LogP contribution is 2.31. The summed E-state index contributed by atoms with van der Waals surface area (Å²) in [5, 5.41) is 10.1. The van der Waals surface area contributed by atoms with Crippen molar-refractivity contribution < 1.29 is 0 Å². The first-order valence-corrected chi connectivity index (χ1v) is 9.72. The number of aromatic nitrogens is 3. The van der Waals surface area contributed by atoms with E-state index in [4.69, 9.17) is 16.6 Å². The van der Waals surface area contributed by atoms with Crippen LogP contribution in [0.5, 0.6) is 0 Å². The fraction of sp³-hybridized carbons (Fsp3) is 0.118. The van der Waals surface area contributed by atoms with E-state index in [1.54, 1.807) is 11.8 Å². The molecule has 8 heteroatoms. The van der Waals surface area contributed by atoms with Crippen molar-refractivity contribution in [2.75, 3.05) is 11.2 Å². The van der Waals surface area contributed by atoms with Crippen molar-refractivity contribution >= 4 is 50.8 Å². The molecule has 4 rings (SSSR count). The van der Waals surface area contributed by atoms with Crippen molar-refractivity contribution in [2.45, 2.75) is 12.1 Å². The molecule has 2 heterocycles. The predicted octanol–water partition coefficient (Wildman–Crippen LogP) is 5.05. The summed E-state index contributed by atoms with van der Waals surface area (Å²) in [6.07, 6.45) is 0. The SMILES string of the molecule is Cc1c(Cl)cccc1N=C1CSc2nnc(-c3ccccc3Br)n2N1. The zero-order chi connectivity index (χ0) is 17.4. The van der Waals surface area contributed by atoms with Crippen molar-refractivity contribution in [3.63, 3.8) is 0 Å². The Kier molecular flexibility index (Phi) is 4.54. The van der Waals surface area contributed by atoms with Crippen LogP contribution in [0.2, 0.25) is 5.02 Å². The summed E-state index contributed by atoms with van der Waals surface area (Å²) in [5.74, 6) is 2.27. The van der Waals surface area contributed by atoms with Gasteiger partial charge in [0.05, 0.1) is 11.4 Å². The van der Waals surface area contributed by atoms with Gasteiger partial charge in [-0.25, -0.2) is 9.67 Å². The Morgan fingerprint density at radius 3 is 2.88 bits per heavy atom. The number of thioether (sulfide) groups is 1. The van der Waals surface area contributed by atoms with Crippen LogP contribution in [0.25, 0.3) is 11.4 Å². The molecule has 1 N–H and O–H groups in total. The molecule has 126 valence electrons. The number of nitrogens with zero attached hydrogens (tertiary/aromatic N) is 4. The molecular weight excluding hydrogens is 422 g/mol. The molecule has 0 bridgehead atoms. The van der Waals surface area contributed by atoms with Crippen molar-refractivity contribution in [1.29, 1.82) is 0 Å². The summed E-state index contributed by atoms with van der Waals surface area (Å²) in [6.45, 7) is 1.97.